The largest absolute Gasteiger partial charge is 0.351 e. The lowest BCUT2D eigenvalue weighted by Gasteiger charge is -2.34. The second-order valence-electron chi connectivity index (χ2n) is 6.48. The molecule has 0 aromatic heterocycles. The van der Waals surface area contributed by atoms with Gasteiger partial charge in [-0.05, 0) is 42.0 Å². The van der Waals surface area contributed by atoms with Gasteiger partial charge in [-0.2, -0.15) is 0 Å². The monoisotopic (exact) mass is 389 g/mol. The lowest BCUT2D eigenvalue weighted by atomic mass is 10.2. The SMILES string of the molecule is O=C(CN1CCN(C(=O)c2ccc(Cl)cc2)CC1)NCc1ccc(F)cc1. The predicted molar refractivity (Wildman–Crippen MR) is 102 cm³/mol. The minimum atomic E-state index is -0.295. The number of hydrogen-bond donors (Lipinski definition) is 1. The van der Waals surface area contributed by atoms with Crippen molar-refractivity contribution in [3.63, 3.8) is 0 Å². The normalized spacial score (nSPS) is 14.8. The van der Waals surface area contributed by atoms with Crippen molar-refractivity contribution >= 4 is 23.4 Å². The zero-order valence-corrected chi connectivity index (χ0v) is 15.6. The van der Waals surface area contributed by atoms with Gasteiger partial charge in [0.25, 0.3) is 5.91 Å². The Labute approximate surface area is 162 Å². The molecule has 5 nitrogen and oxygen atoms in total. The first-order valence-electron chi connectivity index (χ1n) is 8.79. The Morgan fingerprint density at radius 1 is 0.963 bits per heavy atom. The number of nitrogens with zero attached hydrogens (tertiary/aromatic N) is 2. The molecule has 1 saturated heterocycles. The first kappa shape index (κ1) is 19.3. The first-order valence-corrected chi connectivity index (χ1v) is 9.17. The molecule has 0 aliphatic carbocycles. The van der Waals surface area contributed by atoms with E-state index in [0.29, 0.717) is 43.3 Å². The highest BCUT2D eigenvalue weighted by Gasteiger charge is 2.23. The maximum atomic E-state index is 12.9. The number of rotatable bonds is 5. The summed E-state index contributed by atoms with van der Waals surface area (Å²) in [6.07, 6.45) is 0. The Morgan fingerprint density at radius 3 is 2.22 bits per heavy atom. The molecule has 2 amide bonds. The molecule has 1 N–H and O–H groups in total. The van der Waals surface area contributed by atoms with Gasteiger partial charge in [0.1, 0.15) is 5.82 Å². The molecule has 3 rings (SSSR count). The summed E-state index contributed by atoms with van der Waals surface area (Å²) in [4.78, 5) is 28.4. The highest BCUT2D eigenvalue weighted by molar-refractivity contribution is 6.30. The standard InChI is InChI=1S/C20H21ClFN3O2/c21-17-5-3-16(4-6-17)20(27)25-11-9-24(10-12-25)14-19(26)23-13-15-1-7-18(22)8-2-15/h1-8H,9-14H2,(H,23,26). The van der Waals surface area contributed by atoms with Crippen LogP contribution in [0, 0.1) is 5.82 Å². The Balaban J connectivity index is 1.42. The van der Waals surface area contributed by atoms with E-state index in [1.807, 2.05) is 4.90 Å². The summed E-state index contributed by atoms with van der Waals surface area (Å²) in [5.41, 5.74) is 1.47. The predicted octanol–water partition coefficient (Wildman–Crippen LogP) is 2.55. The Kier molecular flexibility index (Phi) is 6.42. The highest BCUT2D eigenvalue weighted by Crippen LogP contribution is 2.13. The first-order chi connectivity index (χ1) is 13.0. The zero-order chi connectivity index (χ0) is 19.2. The van der Waals surface area contributed by atoms with Gasteiger partial charge >= 0.3 is 0 Å². The molecular formula is C20H21ClFN3O2. The fraction of sp³-hybridized carbons (Fsp3) is 0.300. The molecule has 1 aliphatic heterocycles. The summed E-state index contributed by atoms with van der Waals surface area (Å²) in [6.45, 7) is 3.09. The Bertz CT molecular complexity index is 788. The number of carbonyl (C=O) groups excluding carboxylic acids is 2. The molecule has 0 unspecified atom stereocenters. The number of benzene rings is 2. The van der Waals surface area contributed by atoms with Gasteiger partial charge in [-0.3, -0.25) is 14.5 Å². The number of amides is 2. The van der Waals surface area contributed by atoms with E-state index in [0.717, 1.165) is 5.56 Å². The molecule has 2 aromatic carbocycles. The van der Waals surface area contributed by atoms with Crippen LogP contribution >= 0.6 is 11.6 Å². The van der Waals surface area contributed by atoms with E-state index in [9.17, 15) is 14.0 Å². The highest BCUT2D eigenvalue weighted by atomic mass is 35.5. The van der Waals surface area contributed by atoms with Gasteiger partial charge in [0.15, 0.2) is 0 Å². The van der Waals surface area contributed by atoms with E-state index in [4.69, 9.17) is 11.6 Å². The number of piperazine rings is 1. The van der Waals surface area contributed by atoms with E-state index in [2.05, 4.69) is 5.32 Å². The molecule has 0 spiro atoms. The molecule has 142 valence electrons. The van der Waals surface area contributed by atoms with E-state index in [1.54, 1.807) is 41.3 Å². The van der Waals surface area contributed by atoms with E-state index in [1.165, 1.54) is 12.1 Å². The van der Waals surface area contributed by atoms with E-state index in [-0.39, 0.29) is 24.2 Å². The van der Waals surface area contributed by atoms with E-state index >= 15 is 0 Å². The second kappa shape index (κ2) is 8.97. The zero-order valence-electron chi connectivity index (χ0n) is 14.8. The third-order valence-corrected chi connectivity index (χ3v) is 4.77. The molecule has 7 heteroatoms. The van der Waals surface area contributed by atoms with Crippen LogP contribution < -0.4 is 5.32 Å². The van der Waals surface area contributed by atoms with Crippen LogP contribution in [-0.4, -0.2) is 54.3 Å². The summed E-state index contributed by atoms with van der Waals surface area (Å²) in [5, 5.41) is 3.43. The van der Waals surface area contributed by atoms with Crippen molar-refractivity contribution in [1.82, 2.24) is 15.1 Å². The third kappa shape index (κ3) is 5.52. The molecule has 1 aliphatic rings. The quantitative estimate of drug-likeness (QED) is 0.855. The number of nitrogens with one attached hydrogen (secondary N) is 1. The van der Waals surface area contributed by atoms with Crippen molar-refractivity contribution in [2.24, 2.45) is 0 Å². The molecule has 27 heavy (non-hydrogen) atoms. The van der Waals surface area contributed by atoms with Crippen molar-refractivity contribution in [2.75, 3.05) is 32.7 Å². The van der Waals surface area contributed by atoms with Crippen LogP contribution in [0.2, 0.25) is 5.02 Å². The molecular weight excluding hydrogens is 369 g/mol. The lowest BCUT2D eigenvalue weighted by molar-refractivity contribution is -0.122. The maximum absolute atomic E-state index is 12.9. The molecule has 0 bridgehead atoms. The minimum absolute atomic E-state index is 0.0212. The summed E-state index contributed by atoms with van der Waals surface area (Å²) < 4.78 is 12.9. The van der Waals surface area contributed by atoms with Crippen LogP contribution in [0.15, 0.2) is 48.5 Å². The summed E-state index contributed by atoms with van der Waals surface area (Å²) in [7, 11) is 0. The van der Waals surface area contributed by atoms with Crippen LogP contribution in [0.5, 0.6) is 0 Å². The summed E-state index contributed by atoms with van der Waals surface area (Å²) >= 11 is 5.86. The topological polar surface area (TPSA) is 52.7 Å². The average molecular weight is 390 g/mol. The van der Waals surface area contributed by atoms with Crippen molar-refractivity contribution < 1.29 is 14.0 Å². The molecule has 1 fully saturated rings. The molecule has 0 saturated carbocycles. The number of carbonyl (C=O) groups is 2. The van der Waals surface area contributed by atoms with Gasteiger partial charge in [0.2, 0.25) is 5.91 Å². The number of hydrogen-bond acceptors (Lipinski definition) is 3. The van der Waals surface area contributed by atoms with Gasteiger partial charge < -0.3 is 10.2 Å². The minimum Gasteiger partial charge on any atom is -0.351 e. The van der Waals surface area contributed by atoms with Crippen LogP contribution in [0.1, 0.15) is 15.9 Å². The van der Waals surface area contributed by atoms with E-state index < -0.39 is 0 Å². The van der Waals surface area contributed by atoms with Gasteiger partial charge in [-0.25, -0.2) is 4.39 Å². The summed E-state index contributed by atoms with van der Waals surface area (Å²) in [5.74, 6) is -0.403. The van der Waals surface area contributed by atoms with Crippen molar-refractivity contribution in [3.8, 4) is 0 Å². The van der Waals surface area contributed by atoms with Crippen molar-refractivity contribution in [3.05, 3.63) is 70.5 Å². The van der Waals surface area contributed by atoms with Gasteiger partial charge in [0.05, 0.1) is 6.54 Å². The van der Waals surface area contributed by atoms with Crippen molar-refractivity contribution in [1.29, 1.82) is 0 Å². The lowest BCUT2D eigenvalue weighted by Crippen LogP contribution is -2.51. The smallest absolute Gasteiger partial charge is 0.253 e. The Morgan fingerprint density at radius 2 is 1.59 bits per heavy atom. The molecule has 2 aromatic rings. The Hall–Kier alpha value is -2.44. The maximum Gasteiger partial charge on any atom is 0.253 e. The fourth-order valence-corrected chi connectivity index (χ4v) is 3.07. The number of halogens is 2. The van der Waals surface area contributed by atoms with Crippen LogP contribution in [0.25, 0.3) is 0 Å². The van der Waals surface area contributed by atoms with Crippen LogP contribution in [-0.2, 0) is 11.3 Å². The fourth-order valence-electron chi connectivity index (χ4n) is 2.95. The van der Waals surface area contributed by atoms with Gasteiger partial charge in [-0.1, -0.05) is 23.7 Å². The van der Waals surface area contributed by atoms with Gasteiger partial charge in [-0.15, -0.1) is 0 Å². The molecule has 1 heterocycles. The van der Waals surface area contributed by atoms with Crippen LogP contribution in [0.3, 0.4) is 0 Å². The second-order valence-corrected chi connectivity index (χ2v) is 6.91. The molecule has 0 radical (unpaired) electrons. The third-order valence-electron chi connectivity index (χ3n) is 4.52. The van der Waals surface area contributed by atoms with Crippen molar-refractivity contribution in [2.45, 2.75) is 6.54 Å². The van der Waals surface area contributed by atoms with Gasteiger partial charge in [0, 0.05) is 43.3 Å². The van der Waals surface area contributed by atoms with Crippen LogP contribution in [0.4, 0.5) is 4.39 Å². The molecule has 0 atom stereocenters. The average Bonchev–Trinajstić information content (AvgIpc) is 2.68. The summed E-state index contributed by atoms with van der Waals surface area (Å²) in [6, 6.07) is 12.9.